The first-order valence-electron chi connectivity index (χ1n) is 8.09. The monoisotopic (exact) mass is 265 g/mol. The van der Waals surface area contributed by atoms with Crippen molar-refractivity contribution in [2.75, 3.05) is 6.54 Å². The van der Waals surface area contributed by atoms with Gasteiger partial charge in [0.05, 0.1) is 5.69 Å². The summed E-state index contributed by atoms with van der Waals surface area (Å²) in [4.78, 5) is 0. The summed E-state index contributed by atoms with van der Waals surface area (Å²) in [5.74, 6) is 0. The number of nitrogens with zero attached hydrogens (tertiary/aromatic N) is 2. The lowest BCUT2D eigenvalue weighted by atomic mass is 10.1. The second kappa shape index (κ2) is 11.0. The second-order valence-corrected chi connectivity index (χ2v) is 5.37. The van der Waals surface area contributed by atoms with Crippen LogP contribution in [0, 0.1) is 0 Å². The predicted octanol–water partition coefficient (Wildman–Crippen LogP) is 4.13. The Morgan fingerprint density at radius 2 is 1.74 bits per heavy atom. The molecular formula is C16H31N3. The van der Waals surface area contributed by atoms with Crippen LogP contribution in [0.5, 0.6) is 0 Å². The van der Waals surface area contributed by atoms with Gasteiger partial charge in [-0.15, -0.1) is 0 Å². The van der Waals surface area contributed by atoms with E-state index in [1.165, 1.54) is 51.4 Å². The van der Waals surface area contributed by atoms with Crippen molar-refractivity contribution in [3.63, 3.8) is 0 Å². The Kier molecular flexibility index (Phi) is 9.42. The zero-order chi connectivity index (χ0) is 13.8. The zero-order valence-electron chi connectivity index (χ0n) is 12.8. The van der Waals surface area contributed by atoms with Crippen molar-refractivity contribution in [2.24, 2.45) is 0 Å². The van der Waals surface area contributed by atoms with Crippen LogP contribution in [-0.4, -0.2) is 16.3 Å². The largest absolute Gasteiger partial charge is 0.311 e. The molecule has 1 heterocycles. The fourth-order valence-corrected chi connectivity index (χ4v) is 2.25. The molecule has 0 aliphatic heterocycles. The fraction of sp³-hybridized carbons (Fsp3) is 0.812. The normalized spacial score (nSPS) is 11.1. The van der Waals surface area contributed by atoms with Crippen LogP contribution in [0.15, 0.2) is 12.3 Å². The summed E-state index contributed by atoms with van der Waals surface area (Å²) in [6.07, 6.45) is 12.8. The lowest BCUT2D eigenvalue weighted by Crippen LogP contribution is -2.14. The van der Waals surface area contributed by atoms with Gasteiger partial charge in [-0.25, -0.2) is 0 Å². The van der Waals surface area contributed by atoms with Crippen LogP contribution < -0.4 is 5.32 Å². The molecule has 0 aromatic carbocycles. The molecule has 1 N–H and O–H groups in total. The highest BCUT2D eigenvalue weighted by molar-refractivity contribution is 4.98. The number of rotatable bonds is 12. The third kappa shape index (κ3) is 8.04. The van der Waals surface area contributed by atoms with E-state index in [2.05, 4.69) is 41.2 Å². The Balaban J connectivity index is 2.03. The molecule has 1 aromatic heterocycles. The van der Waals surface area contributed by atoms with Gasteiger partial charge in [0.1, 0.15) is 0 Å². The Labute approximate surface area is 118 Å². The highest BCUT2D eigenvalue weighted by atomic mass is 15.3. The molecule has 0 spiro atoms. The second-order valence-electron chi connectivity index (χ2n) is 5.37. The molecule has 3 nitrogen and oxygen atoms in total. The van der Waals surface area contributed by atoms with Crippen LogP contribution in [0.3, 0.4) is 0 Å². The van der Waals surface area contributed by atoms with Crippen molar-refractivity contribution in [3.05, 3.63) is 18.0 Å². The molecule has 0 aliphatic rings. The van der Waals surface area contributed by atoms with Crippen LogP contribution in [-0.2, 0) is 13.1 Å². The first-order chi connectivity index (χ1) is 9.36. The molecule has 0 amide bonds. The number of hydrogen-bond donors (Lipinski definition) is 1. The SMILES string of the molecule is CCCCCCCCCn1ccc(CNCCC)n1. The summed E-state index contributed by atoms with van der Waals surface area (Å²) in [6.45, 7) is 7.50. The quantitative estimate of drug-likeness (QED) is 0.576. The van der Waals surface area contributed by atoms with E-state index in [1.54, 1.807) is 0 Å². The Morgan fingerprint density at radius 1 is 1.00 bits per heavy atom. The molecule has 0 saturated heterocycles. The van der Waals surface area contributed by atoms with Gasteiger partial charge in [-0.3, -0.25) is 4.68 Å². The molecule has 0 atom stereocenters. The number of nitrogens with one attached hydrogen (secondary N) is 1. The van der Waals surface area contributed by atoms with Gasteiger partial charge in [0.25, 0.3) is 0 Å². The predicted molar refractivity (Wildman–Crippen MR) is 82.2 cm³/mol. The molecule has 0 radical (unpaired) electrons. The topological polar surface area (TPSA) is 29.9 Å². The summed E-state index contributed by atoms with van der Waals surface area (Å²) >= 11 is 0. The minimum Gasteiger partial charge on any atom is -0.311 e. The summed E-state index contributed by atoms with van der Waals surface area (Å²) in [7, 11) is 0. The van der Waals surface area contributed by atoms with Gasteiger partial charge in [0.15, 0.2) is 0 Å². The molecule has 0 aliphatic carbocycles. The smallest absolute Gasteiger partial charge is 0.0762 e. The minimum absolute atomic E-state index is 0.901. The van der Waals surface area contributed by atoms with Gasteiger partial charge in [0.2, 0.25) is 0 Å². The molecule has 0 unspecified atom stereocenters. The van der Waals surface area contributed by atoms with Crippen molar-refractivity contribution in [1.29, 1.82) is 0 Å². The molecule has 1 aromatic rings. The van der Waals surface area contributed by atoms with Crippen LogP contribution in [0.2, 0.25) is 0 Å². The summed E-state index contributed by atoms with van der Waals surface area (Å²) in [6, 6.07) is 2.13. The molecule has 1 rings (SSSR count). The minimum atomic E-state index is 0.901. The van der Waals surface area contributed by atoms with Crippen LogP contribution in [0.4, 0.5) is 0 Å². The summed E-state index contributed by atoms with van der Waals surface area (Å²) < 4.78 is 2.09. The van der Waals surface area contributed by atoms with Gasteiger partial charge >= 0.3 is 0 Å². The lowest BCUT2D eigenvalue weighted by Gasteiger charge is -2.03. The van der Waals surface area contributed by atoms with Gasteiger partial charge < -0.3 is 5.32 Å². The van der Waals surface area contributed by atoms with E-state index in [-0.39, 0.29) is 0 Å². The average Bonchev–Trinajstić information content (AvgIpc) is 2.86. The van der Waals surface area contributed by atoms with Gasteiger partial charge in [-0.2, -0.15) is 5.10 Å². The lowest BCUT2D eigenvalue weighted by molar-refractivity contribution is 0.517. The first kappa shape index (κ1) is 16.2. The highest BCUT2D eigenvalue weighted by Crippen LogP contribution is 2.07. The summed E-state index contributed by atoms with van der Waals surface area (Å²) in [5.41, 5.74) is 1.16. The van der Waals surface area contributed by atoms with Crippen molar-refractivity contribution in [3.8, 4) is 0 Å². The van der Waals surface area contributed by atoms with Crippen LogP contribution >= 0.6 is 0 Å². The number of aromatic nitrogens is 2. The Morgan fingerprint density at radius 3 is 2.47 bits per heavy atom. The van der Waals surface area contributed by atoms with Crippen molar-refractivity contribution >= 4 is 0 Å². The Bertz CT molecular complexity index is 307. The van der Waals surface area contributed by atoms with Crippen LogP contribution in [0.1, 0.15) is 70.9 Å². The molecule has 19 heavy (non-hydrogen) atoms. The van der Waals surface area contributed by atoms with E-state index in [4.69, 9.17) is 0 Å². The first-order valence-corrected chi connectivity index (χ1v) is 8.09. The number of unbranched alkanes of at least 4 members (excludes halogenated alkanes) is 6. The molecule has 110 valence electrons. The van der Waals surface area contributed by atoms with Gasteiger partial charge in [0, 0.05) is 19.3 Å². The maximum Gasteiger partial charge on any atom is 0.0762 e. The maximum atomic E-state index is 4.58. The highest BCUT2D eigenvalue weighted by Gasteiger charge is 1.98. The third-order valence-electron chi connectivity index (χ3n) is 3.42. The molecule has 0 fully saturated rings. The van der Waals surface area contributed by atoms with Crippen molar-refractivity contribution in [1.82, 2.24) is 15.1 Å². The Hall–Kier alpha value is -0.830. The molecule has 3 heteroatoms. The molecule has 0 bridgehead atoms. The number of hydrogen-bond acceptors (Lipinski definition) is 2. The zero-order valence-corrected chi connectivity index (χ0v) is 12.8. The van der Waals surface area contributed by atoms with Gasteiger partial charge in [-0.05, 0) is 25.5 Å². The van der Waals surface area contributed by atoms with E-state index < -0.39 is 0 Å². The van der Waals surface area contributed by atoms with Crippen molar-refractivity contribution < 1.29 is 0 Å². The number of aryl methyl sites for hydroxylation is 1. The van der Waals surface area contributed by atoms with E-state index in [0.717, 1.165) is 25.3 Å². The fourth-order valence-electron chi connectivity index (χ4n) is 2.25. The average molecular weight is 265 g/mol. The van der Waals surface area contributed by atoms with E-state index >= 15 is 0 Å². The maximum absolute atomic E-state index is 4.58. The van der Waals surface area contributed by atoms with E-state index in [1.807, 2.05) is 0 Å². The third-order valence-corrected chi connectivity index (χ3v) is 3.42. The van der Waals surface area contributed by atoms with Crippen LogP contribution in [0.25, 0.3) is 0 Å². The standard InChI is InChI=1S/C16H31N3/c1-3-5-6-7-8-9-10-13-19-14-11-16(18-19)15-17-12-4-2/h11,14,17H,3-10,12-13,15H2,1-2H3. The van der Waals surface area contributed by atoms with E-state index in [9.17, 15) is 0 Å². The van der Waals surface area contributed by atoms with E-state index in [0.29, 0.717) is 0 Å². The van der Waals surface area contributed by atoms with Gasteiger partial charge in [-0.1, -0.05) is 52.4 Å². The summed E-state index contributed by atoms with van der Waals surface area (Å²) in [5, 5.41) is 7.97. The molecular weight excluding hydrogens is 234 g/mol. The van der Waals surface area contributed by atoms with Crippen molar-refractivity contribution in [2.45, 2.75) is 78.3 Å². The molecule has 0 saturated carbocycles.